The van der Waals surface area contributed by atoms with Gasteiger partial charge in [0.25, 0.3) is 0 Å². The molecule has 0 saturated heterocycles. The number of nitrogens with two attached hydrogens (primary N) is 1. The van der Waals surface area contributed by atoms with E-state index in [1.807, 2.05) is 30.5 Å². The van der Waals surface area contributed by atoms with Gasteiger partial charge in [0.1, 0.15) is 17.6 Å². The lowest BCUT2D eigenvalue weighted by Gasteiger charge is -2.09. The summed E-state index contributed by atoms with van der Waals surface area (Å²) in [5.41, 5.74) is 7.47. The molecule has 3 N–H and O–H groups in total. The molecule has 1 atom stereocenters. The number of hydrogen-bond donors (Lipinski definition) is 2. The Hall–Kier alpha value is -2.69. The third kappa shape index (κ3) is 4.48. The molecule has 7 heteroatoms. The van der Waals surface area contributed by atoms with E-state index >= 15 is 0 Å². The molecule has 1 aliphatic carbocycles. The number of furan rings is 1. The number of nitrogens with one attached hydrogen (secondary N) is 1. The zero-order valence-corrected chi connectivity index (χ0v) is 15.4. The number of nitriles is 1. The molecule has 0 amide bonds. The van der Waals surface area contributed by atoms with Crippen LogP contribution in [0.2, 0.25) is 0 Å². The Bertz CT molecular complexity index is 923. The van der Waals surface area contributed by atoms with Crippen LogP contribution in [-0.2, 0) is 6.54 Å². The normalized spacial score (nSPS) is 16.0. The van der Waals surface area contributed by atoms with E-state index in [9.17, 15) is 0 Å². The molecule has 4 rings (SSSR count). The van der Waals surface area contributed by atoms with Gasteiger partial charge in [-0.3, -0.25) is 0 Å². The van der Waals surface area contributed by atoms with Crippen molar-refractivity contribution in [1.82, 2.24) is 9.97 Å². The lowest BCUT2D eigenvalue weighted by atomic mass is 10.0. The SMILES string of the molecule is Cc1csc2c(NCc3ccco3)nc(C#N)nc12.NC1CC=CCC1. The molecular formula is C19H21N5OS. The highest BCUT2D eigenvalue weighted by Gasteiger charge is 2.11. The number of rotatable bonds is 3. The van der Waals surface area contributed by atoms with Crippen molar-refractivity contribution < 1.29 is 4.42 Å². The van der Waals surface area contributed by atoms with Gasteiger partial charge in [-0.2, -0.15) is 5.26 Å². The van der Waals surface area contributed by atoms with Crippen LogP contribution in [0.25, 0.3) is 10.2 Å². The average Bonchev–Trinajstić information content (AvgIpc) is 3.31. The molecule has 134 valence electrons. The van der Waals surface area contributed by atoms with E-state index < -0.39 is 0 Å². The molecule has 0 aliphatic heterocycles. The summed E-state index contributed by atoms with van der Waals surface area (Å²) in [6, 6.07) is 6.16. The van der Waals surface area contributed by atoms with Gasteiger partial charge in [-0.1, -0.05) is 12.2 Å². The molecule has 3 aromatic heterocycles. The molecule has 3 aromatic rings. The quantitative estimate of drug-likeness (QED) is 0.675. The Kier molecular flexibility index (Phi) is 6.00. The second kappa shape index (κ2) is 8.61. The summed E-state index contributed by atoms with van der Waals surface area (Å²) in [7, 11) is 0. The van der Waals surface area contributed by atoms with Gasteiger partial charge in [0.2, 0.25) is 5.82 Å². The molecule has 1 unspecified atom stereocenters. The lowest BCUT2D eigenvalue weighted by molar-refractivity contribution is 0.518. The summed E-state index contributed by atoms with van der Waals surface area (Å²) in [5, 5.41) is 14.2. The smallest absolute Gasteiger partial charge is 0.234 e. The number of aromatic nitrogens is 2. The van der Waals surface area contributed by atoms with Crippen molar-refractivity contribution in [2.24, 2.45) is 5.73 Å². The van der Waals surface area contributed by atoms with E-state index in [-0.39, 0.29) is 5.82 Å². The van der Waals surface area contributed by atoms with E-state index in [1.54, 1.807) is 17.6 Å². The molecule has 26 heavy (non-hydrogen) atoms. The van der Waals surface area contributed by atoms with Gasteiger partial charge in [-0.05, 0) is 49.3 Å². The zero-order chi connectivity index (χ0) is 18.4. The molecule has 1 aliphatic rings. The van der Waals surface area contributed by atoms with Crippen LogP contribution in [0.1, 0.15) is 36.4 Å². The molecule has 0 radical (unpaired) electrons. The van der Waals surface area contributed by atoms with E-state index in [0.29, 0.717) is 18.4 Å². The molecule has 0 fully saturated rings. The third-order valence-electron chi connectivity index (χ3n) is 4.01. The lowest BCUT2D eigenvalue weighted by Crippen LogP contribution is -2.19. The highest BCUT2D eigenvalue weighted by atomic mass is 32.1. The standard InChI is InChI=1S/C13H10N4OS.C6H11N/c1-8-7-19-12-11(8)16-10(5-14)17-13(12)15-6-9-3-2-4-18-9;7-6-4-2-1-3-5-6/h2-4,7H,6H2,1H3,(H,15,16,17);1-2,6H,3-5,7H2. The maximum atomic E-state index is 8.98. The summed E-state index contributed by atoms with van der Waals surface area (Å²) in [4.78, 5) is 8.45. The van der Waals surface area contributed by atoms with Crippen LogP contribution in [0.4, 0.5) is 5.82 Å². The first-order valence-electron chi connectivity index (χ1n) is 8.50. The fourth-order valence-electron chi connectivity index (χ4n) is 2.60. The molecule has 0 spiro atoms. The van der Waals surface area contributed by atoms with Gasteiger partial charge >= 0.3 is 0 Å². The summed E-state index contributed by atoms with van der Waals surface area (Å²) < 4.78 is 6.22. The third-order valence-corrected chi connectivity index (χ3v) is 5.11. The van der Waals surface area contributed by atoms with Crippen molar-refractivity contribution in [1.29, 1.82) is 5.26 Å². The Morgan fingerprint density at radius 2 is 2.31 bits per heavy atom. The van der Waals surface area contributed by atoms with Crippen molar-refractivity contribution >= 4 is 27.4 Å². The van der Waals surface area contributed by atoms with Crippen LogP contribution >= 0.6 is 11.3 Å². The van der Waals surface area contributed by atoms with Crippen molar-refractivity contribution in [2.75, 3.05) is 5.32 Å². The fourth-order valence-corrected chi connectivity index (χ4v) is 3.56. The zero-order valence-electron chi connectivity index (χ0n) is 14.6. The molecule has 0 aromatic carbocycles. The van der Waals surface area contributed by atoms with Crippen molar-refractivity contribution in [3.8, 4) is 6.07 Å². The highest BCUT2D eigenvalue weighted by Crippen LogP contribution is 2.29. The van der Waals surface area contributed by atoms with Crippen LogP contribution in [0.5, 0.6) is 0 Å². The van der Waals surface area contributed by atoms with Crippen LogP contribution < -0.4 is 11.1 Å². The monoisotopic (exact) mass is 367 g/mol. The summed E-state index contributed by atoms with van der Waals surface area (Å²) in [6.07, 6.45) is 9.43. The average molecular weight is 367 g/mol. The minimum atomic E-state index is 0.177. The van der Waals surface area contributed by atoms with Gasteiger partial charge in [-0.15, -0.1) is 11.3 Å². The van der Waals surface area contributed by atoms with Gasteiger partial charge in [0, 0.05) is 6.04 Å². The second-order valence-corrected chi connectivity index (χ2v) is 6.96. The minimum Gasteiger partial charge on any atom is -0.467 e. The summed E-state index contributed by atoms with van der Waals surface area (Å²) in [6.45, 7) is 2.50. The molecule has 3 heterocycles. The van der Waals surface area contributed by atoms with Gasteiger partial charge in [-0.25, -0.2) is 9.97 Å². The predicted octanol–water partition coefficient (Wildman–Crippen LogP) is 4.13. The number of nitrogens with zero attached hydrogens (tertiary/aromatic N) is 3. The Morgan fingerprint density at radius 1 is 1.42 bits per heavy atom. The van der Waals surface area contributed by atoms with Crippen molar-refractivity contribution in [3.63, 3.8) is 0 Å². The maximum absolute atomic E-state index is 8.98. The van der Waals surface area contributed by atoms with Crippen LogP contribution in [-0.4, -0.2) is 16.0 Å². The van der Waals surface area contributed by atoms with Crippen molar-refractivity contribution in [2.45, 2.75) is 38.8 Å². The topological polar surface area (TPSA) is 101 Å². The first kappa shape index (κ1) is 18.1. The minimum absolute atomic E-state index is 0.177. The number of allylic oxidation sites excluding steroid dienone is 1. The Labute approximate surface area is 156 Å². The van der Waals surface area contributed by atoms with Crippen molar-refractivity contribution in [3.05, 3.63) is 53.1 Å². The highest BCUT2D eigenvalue weighted by molar-refractivity contribution is 7.18. The number of fused-ring (bicyclic) bond motifs is 1. The maximum Gasteiger partial charge on any atom is 0.234 e. The number of aryl methyl sites for hydroxylation is 1. The van der Waals surface area contributed by atoms with E-state index in [4.69, 9.17) is 15.4 Å². The predicted molar refractivity (Wildman–Crippen MR) is 104 cm³/mol. The van der Waals surface area contributed by atoms with Crippen LogP contribution in [0.3, 0.4) is 0 Å². The molecule has 0 bridgehead atoms. The molecule has 6 nitrogen and oxygen atoms in total. The molecular weight excluding hydrogens is 346 g/mol. The Balaban J connectivity index is 0.000000236. The fraction of sp³-hybridized carbons (Fsp3) is 0.316. The van der Waals surface area contributed by atoms with Crippen LogP contribution in [0, 0.1) is 18.3 Å². The number of thiophene rings is 1. The van der Waals surface area contributed by atoms with E-state index in [2.05, 4.69) is 27.4 Å². The Morgan fingerprint density at radius 3 is 2.92 bits per heavy atom. The number of hydrogen-bond acceptors (Lipinski definition) is 7. The van der Waals surface area contributed by atoms with Crippen LogP contribution in [0.15, 0.2) is 40.3 Å². The molecule has 0 saturated carbocycles. The largest absolute Gasteiger partial charge is 0.467 e. The first-order chi connectivity index (χ1) is 12.7. The summed E-state index contributed by atoms with van der Waals surface area (Å²) in [5.74, 6) is 1.67. The van der Waals surface area contributed by atoms with Gasteiger partial charge in [0.15, 0.2) is 0 Å². The number of anilines is 1. The van der Waals surface area contributed by atoms with E-state index in [0.717, 1.165) is 28.0 Å². The van der Waals surface area contributed by atoms with Gasteiger partial charge in [0.05, 0.1) is 23.0 Å². The second-order valence-electron chi connectivity index (χ2n) is 6.08. The summed E-state index contributed by atoms with van der Waals surface area (Å²) >= 11 is 1.57. The van der Waals surface area contributed by atoms with Gasteiger partial charge < -0.3 is 15.5 Å². The van der Waals surface area contributed by atoms with E-state index in [1.165, 1.54) is 12.8 Å². The first-order valence-corrected chi connectivity index (χ1v) is 9.38.